The first-order chi connectivity index (χ1) is 14.8. The summed E-state index contributed by atoms with van der Waals surface area (Å²) in [6.07, 6.45) is 5.65. The minimum absolute atomic E-state index is 0.0496. The van der Waals surface area contributed by atoms with E-state index in [2.05, 4.69) is 15.2 Å². The number of benzene rings is 1. The molecule has 31 heavy (non-hydrogen) atoms. The molecule has 1 aliphatic rings. The molecule has 0 atom stereocenters. The molecule has 1 aromatic carbocycles. The molecule has 2 aromatic heterocycles. The zero-order valence-electron chi connectivity index (χ0n) is 18.9. The van der Waals surface area contributed by atoms with Crippen molar-refractivity contribution in [3.8, 4) is 5.69 Å². The molecule has 4 rings (SSSR count). The Kier molecular flexibility index (Phi) is 6.90. The van der Waals surface area contributed by atoms with Crippen LogP contribution >= 0.6 is 0 Å². The van der Waals surface area contributed by atoms with E-state index in [-0.39, 0.29) is 11.9 Å². The lowest BCUT2D eigenvalue weighted by Gasteiger charge is -2.23. The van der Waals surface area contributed by atoms with Gasteiger partial charge in [0.15, 0.2) is 5.89 Å². The summed E-state index contributed by atoms with van der Waals surface area (Å²) in [5.41, 5.74) is 0.695. The standard InChI is InChI=1S/C21H25N5O3.C2H6/c1-14-19(21(2,3)28)24-18(29-14)10-13-25(15-8-9-15)20(27)16-6-4-5-7-17(16)26-22-11-12-23-26;1-2/h4-7,11-12,15,28H,8-10,13H2,1-3H3;1-2H3. The van der Waals surface area contributed by atoms with Crippen LogP contribution in [0.4, 0.5) is 0 Å². The maximum absolute atomic E-state index is 13.4. The number of oxazole rings is 1. The molecule has 0 aliphatic heterocycles. The summed E-state index contributed by atoms with van der Waals surface area (Å²) < 4.78 is 5.73. The molecule has 1 N–H and O–H groups in total. The van der Waals surface area contributed by atoms with E-state index in [9.17, 15) is 9.90 Å². The van der Waals surface area contributed by atoms with Crippen molar-refractivity contribution >= 4 is 5.91 Å². The topological polar surface area (TPSA) is 97.3 Å². The second kappa shape index (κ2) is 9.43. The Bertz CT molecular complexity index is 1000. The largest absolute Gasteiger partial charge is 0.446 e. The maximum Gasteiger partial charge on any atom is 0.256 e. The molecule has 1 amide bonds. The van der Waals surface area contributed by atoms with Crippen LogP contribution in [0.2, 0.25) is 0 Å². The molecule has 2 heterocycles. The molecular weight excluding hydrogens is 394 g/mol. The first-order valence-corrected chi connectivity index (χ1v) is 10.8. The number of carbonyl (C=O) groups excluding carboxylic acids is 1. The van der Waals surface area contributed by atoms with Gasteiger partial charge in [-0.05, 0) is 45.7 Å². The second-order valence-corrected chi connectivity index (χ2v) is 7.89. The van der Waals surface area contributed by atoms with Gasteiger partial charge in [-0.1, -0.05) is 26.0 Å². The molecule has 0 radical (unpaired) electrons. The fourth-order valence-electron chi connectivity index (χ4n) is 3.50. The van der Waals surface area contributed by atoms with Crippen LogP contribution < -0.4 is 0 Å². The first-order valence-electron chi connectivity index (χ1n) is 10.8. The molecule has 166 valence electrons. The van der Waals surface area contributed by atoms with E-state index in [1.165, 1.54) is 4.80 Å². The molecule has 1 aliphatic carbocycles. The van der Waals surface area contributed by atoms with Gasteiger partial charge in [-0.25, -0.2) is 4.98 Å². The third kappa shape index (κ3) is 5.19. The first kappa shape index (κ1) is 22.7. The maximum atomic E-state index is 13.4. The van der Waals surface area contributed by atoms with E-state index < -0.39 is 5.60 Å². The summed E-state index contributed by atoms with van der Waals surface area (Å²) >= 11 is 0. The molecule has 0 saturated heterocycles. The number of para-hydroxylation sites is 1. The third-order valence-corrected chi connectivity index (χ3v) is 5.00. The van der Waals surface area contributed by atoms with E-state index in [1.54, 1.807) is 39.2 Å². The molecule has 8 heteroatoms. The normalized spacial score (nSPS) is 13.5. The monoisotopic (exact) mass is 425 g/mol. The van der Waals surface area contributed by atoms with Gasteiger partial charge < -0.3 is 14.4 Å². The van der Waals surface area contributed by atoms with Crippen molar-refractivity contribution in [2.45, 2.75) is 65.5 Å². The van der Waals surface area contributed by atoms with Crippen LogP contribution in [0.5, 0.6) is 0 Å². The van der Waals surface area contributed by atoms with Crippen LogP contribution in [0.1, 0.15) is 68.2 Å². The lowest BCUT2D eigenvalue weighted by molar-refractivity contribution is 0.0722. The van der Waals surface area contributed by atoms with Gasteiger partial charge in [-0.15, -0.1) is 0 Å². The minimum atomic E-state index is -1.06. The molecule has 0 bridgehead atoms. The number of aryl methyl sites for hydroxylation is 1. The molecule has 0 spiro atoms. The minimum Gasteiger partial charge on any atom is -0.446 e. The van der Waals surface area contributed by atoms with E-state index in [0.717, 1.165) is 12.8 Å². The van der Waals surface area contributed by atoms with E-state index >= 15 is 0 Å². The van der Waals surface area contributed by atoms with Crippen molar-refractivity contribution in [3.05, 3.63) is 59.6 Å². The highest BCUT2D eigenvalue weighted by Crippen LogP contribution is 2.30. The Labute approximate surface area is 182 Å². The fourth-order valence-corrected chi connectivity index (χ4v) is 3.50. The molecule has 8 nitrogen and oxygen atoms in total. The second-order valence-electron chi connectivity index (χ2n) is 7.89. The molecular formula is C23H31N5O3. The molecule has 0 unspecified atom stereocenters. The summed E-state index contributed by atoms with van der Waals surface area (Å²) in [5.74, 6) is 1.08. The van der Waals surface area contributed by atoms with Gasteiger partial charge in [0, 0.05) is 19.0 Å². The molecule has 1 saturated carbocycles. The van der Waals surface area contributed by atoms with Crippen molar-refractivity contribution in [2.75, 3.05) is 6.54 Å². The van der Waals surface area contributed by atoms with Gasteiger partial charge in [-0.2, -0.15) is 15.0 Å². The Morgan fingerprint density at radius 1 is 1.23 bits per heavy atom. The van der Waals surface area contributed by atoms with Crippen LogP contribution in [0.25, 0.3) is 5.69 Å². The SMILES string of the molecule is CC.Cc1oc(CCN(C(=O)c2ccccc2-n2nccn2)C2CC2)nc1C(C)(C)O. The van der Waals surface area contributed by atoms with Gasteiger partial charge in [0.2, 0.25) is 0 Å². The van der Waals surface area contributed by atoms with Gasteiger partial charge in [-0.3, -0.25) is 4.79 Å². The number of hydrogen-bond donors (Lipinski definition) is 1. The van der Waals surface area contributed by atoms with Crippen LogP contribution in [-0.4, -0.2) is 48.5 Å². The van der Waals surface area contributed by atoms with Crippen molar-refractivity contribution in [3.63, 3.8) is 0 Å². The highest BCUT2D eigenvalue weighted by atomic mass is 16.4. The quantitative estimate of drug-likeness (QED) is 0.620. The van der Waals surface area contributed by atoms with Crippen molar-refractivity contribution in [1.29, 1.82) is 0 Å². The van der Waals surface area contributed by atoms with Gasteiger partial charge in [0.1, 0.15) is 17.1 Å². The number of carbonyl (C=O) groups is 1. The number of nitrogens with zero attached hydrogens (tertiary/aromatic N) is 5. The number of aromatic nitrogens is 4. The number of rotatable bonds is 7. The highest BCUT2D eigenvalue weighted by molar-refractivity contribution is 5.98. The summed E-state index contributed by atoms with van der Waals surface area (Å²) in [6, 6.07) is 7.58. The van der Waals surface area contributed by atoms with E-state index in [0.29, 0.717) is 41.6 Å². The summed E-state index contributed by atoms with van der Waals surface area (Å²) in [7, 11) is 0. The van der Waals surface area contributed by atoms with Crippen molar-refractivity contribution in [2.24, 2.45) is 0 Å². The number of amides is 1. The number of aliphatic hydroxyl groups is 1. The molecule has 3 aromatic rings. The fraction of sp³-hybridized carbons (Fsp3) is 0.478. The lowest BCUT2D eigenvalue weighted by Crippen LogP contribution is -2.35. The predicted molar refractivity (Wildman–Crippen MR) is 117 cm³/mol. The van der Waals surface area contributed by atoms with Crippen LogP contribution in [0.15, 0.2) is 41.1 Å². The lowest BCUT2D eigenvalue weighted by atomic mass is 10.0. The van der Waals surface area contributed by atoms with Crippen molar-refractivity contribution < 1.29 is 14.3 Å². The summed E-state index contributed by atoms with van der Waals surface area (Å²) in [6.45, 7) is 9.65. The predicted octanol–water partition coefficient (Wildman–Crippen LogP) is 3.66. The number of hydrogen-bond acceptors (Lipinski definition) is 6. The highest BCUT2D eigenvalue weighted by Gasteiger charge is 2.34. The van der Waals surface area contributed by atoms with Gasteiger partial charge >= 0.3 is 0 Å². The van der Waals surface area contributed by atoms with Gasteiger partial charge in [0.05, 0.1) is 23.6 Å². The average Bonchev–Trinajstić information content (AvgIpc) is 3.28. The van der Waals surface area contributed by atoms with Crippen LogP contribution in [0.3, 0.4) is 0 Å². The van der Waals surface area contributed by atoms with Crippen LogP contribution in [0, 0.1) is 6.92 Å². The van der Waals surface area contributed by atoms with Gasteiger partial charge in [0.25, 0.3) is 5.91 Å². The summed E-state index contributed by atoms with van der Waals surface area (Å²) in [5, 5.41) is 18.5. The Morgan fingerprint density at radius 2 is 1.87 bits per heavy atom. The third-order valence-electron chi connectivity index (χ3n) is 5.00. The Morgan fingerprint density at radius 3 is 2.45 bits per heavy atom. The van der Waals surface area contributed by atoms with Crippen molar-refractivity contribution in [1.82, 2.24) is 24.9 Å². The summed E-state index contributed by atoms with van der Waals surface area (Å²) in [4.78, 5) is 21.1. The van der Waals surface area contributed by atoms with Crippen LogP contribution in [-0.2, 0) is 12.0 Å². The Hall–Kier alpha value is -3.00. The smallest absolute Gasteiger partial charge is 0.256 e. The average molecular weight is 426 g/mol. The zero-order chi connectivity index (χ0) is 22.6. The van der Waals surface area contributed by atoms with E-state index in [4.69, 9.17) is 4.42 Å². The molecule has 1 fully saturated rings. The van der Waals surface area contributed by atoms with E-state index in [1.807, 2.05) is 36.9 Å². The zero-order valence-corrected chi connectivity index (χ0v) is 18.9. The Balaban J connectivity index is 0.00000132.